The lowest BCUT2D eigenvalue weighted by Gasteiger charge is -2.41. The van der Waals surface area contributed by atoms with Crippen LogP contribution in [-0.2, 0) is 4.74 Å². The van der Waals surface area contributed by atoms with Gasteiger partial charge >= 0.3 is 0 Å². The first-order valence-corrected chi connectivity index (χ1v) is 6.95. The Morgan fingerprint density at radius 1 is 1.28 bits per heavy atom. The Labute approximate surface area is 111 Å². The van der Waals surface area contributed by atoms with Crippen LogP contribution >= 0.6 is 0 Å². The fourth-order valence-corrected chi connectivity index (χ4v) is 3.04. The molecule has 2 rings (SSSR count). The summed E-state index contributed by atoms with van der Waals surface area (Å²) in [6.45, 7) is 7.47. The molecular weight excluding hydrogens is 222 g/mol. The minimum Gasteiger partial charge on any atom is -0.373 e. The zero-order chi connectivity index (χ0) is 13.2. The summed E-state index contributed by atoms with van der Waals surface area (Å²) in [4.78, 5) is 0. The summed E-state index contributed by atoms with van der Waals surface area (Å²) in [5.74, 6) is 0. The molecule has 1 aromatic carbocycles. The Bertz CT molecular complexity index is 408. The van der Waals surface area contributed by atoms with E-state index in [0.717, 1.165) is 13.0 Å². The highest BCUT2D eigenvalue weighted by Gasteiger charge is 2.37. The van der Waals surface area contributed by atoms with Crippen LogP contribution in [0.1, 0.15) is 48.9 Å². The maximum absolute atomic E-state index is 6.11. The van der Waals surface area contributed by atoms with Gasteiger partial charge in [-0.25, -0.2) is 0 Å². The molecule has 1 aliphatic rings. The molecule has 100 valence electrons. The molecule has 2 heteroatoms. The molecule has 1 N–H and O–H groups in total. The van der Waals surface area contributed by atoms with Crippen LogP contribution in [0.4, 0.5) is 0 Å². The fraction of sp³-hybridized carbons (Fsp3) is 0.625. The number of rotatable bonds is 3. The predicted molar refractivity (Wildman–Crippen MR) is 75.9 cm³/mol. The van der Waals surface area contributed by atoms with Crippen LogP contribution in [0.5, 0.6) is 0 Å². The molecule has 0 amide bonds. The number of likely N-dealkylation sites (N-methyl/N-ethyl adjacent to an activating group) is 1. The first-order valence-electron chi connectivity index (χ1n) is 6.95. The molecule has 1 aromatic rings. The first kappa shape index (κ1) is 13.6. The third-order valence-electron chi connectivity index (χ3n) is 4.14. The molecule has 2 atom stereocenters. The van der Waals surface area contributed by atoms with E-state index in [-0.39, 0.29) is 11.6 Å². The van der Waals surface area contributed by atoms with Crippen LogP contribution in [0.25, 0.3) is 0 Å². The minimum atomic E-state index is -0.0778. The Balaban J connectivity index is 2.35. The monoisotopic (exact) mass is 247 g/mol. The lowest BCUT2D eigenvalue weighted by molar-refractivity contribution is -0.0885. The van der Waals surface area contributed by atoms with E-state index in [0.29, 0.717) is 0 Å². The van der Waals surface area contributed by atoms with Crippen molar-refractivity contribution in [3.05, 3.63) is 34.9 Å². The van der Waals surface area contributed by atoms with E-state index in [2.05, 4.69) is 44.3 Å². The molecule has 0 spiro atoms. The molecule has 0 aliphatic carbocycles. The Morgan fingerprint density at radius 3 is 2.67 bits per heavy atom. The standard InChI is InChI=1S/C16H25NO/c1-12-7-8-13(2)14(11-12)15(17-4)16(3)9-5-6-10-18-16/h7-8,11,15,17H,5-6,9-10H2,1-4H3. The average Bonchev–Trinajstić information content (AvgIpc) is 2.35. The summed E-state index contributed by atoms with van der Waals surface area (Å²) in [7, 11) is 2.04. The van der Waals surface area contributed by atoms with Crippen LogP contribution in [0.15, 0.2) is 18.2 Å². The van der Waals surface area contributed by atoms with Gasteiger partial charge in [0.25, 0.3) is 0 Å². The molecule has 1 aliphatic heterocycles. The van der Waals surface area contributed by atoms with E-state index < -0.39 is 0 Å². The molecule has 1 heterocycles. The van der Waals surface area contributed by atoms with Crippen molar-refractivity contribution in [1.82, 2.24) is 5.32 Å². The first-order chi connectivity index (χ1) is 8.57. The van der Waals surface area contributed by atoms with Crippen LogP contribution in [0.3, 0.4) is 0 Å². The van der Waals surface area contributed by atoms with Crippen molar-refractivity contribution in [2.75, 3.05) is 13.7 Å². The normalized spacial score (nSPS) is 26.0. The quantitative estimate of drug-likeness (QED) is 0.882. The molecule has 0 saturated carbocycles. The largest absolute Gasteiger partial charge is 0.373 e. The van der Waals surface area contributed by atoms with Crippen molar-refractivity contribution in [3.8, 4) is 0 Å². The predicted octanol–water partition coefficient (Wildman–Crippen LogP) is 3.52. The van der Waals surface area contributed by atoms with Crippen molar-refractivity contribution in [1.29, 1.82) is 0 Å². The van der Waals surface area contributed by atoms with Gasteiger partial charge in [0.15, 0.2) is 0 Å². The molecule has 0 bridgehead atoms. The number of benzene rings is 1. The second kappa shape index (κ2) is 5.41. The van der Waals surface area contributed by atoms with Gasteiger partial charge in [-0.15, -0.1) is 0 Å². The zero-order valence-corrected chi connectivity index (χ0v) is 12.0. The van der Waals surface area contributed by atoms with Crippen molar-refractivity contribution < 1.29 is 4.74 Å². The Hall–Kier alpha value is -0.860. The van der Waals surface area contributed by atoms with Crippen molar-refractivity contribution in [3.63, 3.8) is 0 Å². The molecule has 2 nitrogen and oxygen atoms in total. The highest BCUT2D eigenvalue weighted by Crippen LogP contribution is 2.37. The Kier molecular flexibility index (Phi) is 4.08. The highest BCUT2D eigenvalue weighted by atomic mass is 16.5. The summed E-state index contributed by atoms with van der Waals surface area (Å²) < 4.78 is 6.11. The summed E-state index contributed by atoms with van der Waals surface area (Å²) in [6, 6.07) is 6.95. The van der Waals surface area contributed by atoms with Crippen LogP contribution in [0, 0.1) is 13.8 Å². The smallest absolute Gasteiger partial charge is 0.0848 e. The zero-order valence-electron chi connectivity index (χ0n) is 12.0. The van der Waals surface area contributed by atoms with E-state index in [9.17, 15) is 0 Å². The van der Waals surface area contributed by atoms with Gasteiger partial charge in [-0.1, -0.05) is 23.8 Å². The van der Waals surface area contributed by atoms with E-state index in [1.165, 1.54) is 29.5 Å². The van der Waals surface area contributed by atoms with Crippen molar-refractivity contribution in [2.24, 2.45) is 0 Å². The number of nitrogens with one attached hydrogen (secondary N) is 1. The molecular formula is C16H25NO. The van der Waals surface area contributed by atoms with Gasteiger partial charge in [0, 0.05) is 6.61 Å². The van der Waals surface area contributed by atoms with Crippen LogP contribution in [0.2, 0.25) is 0 Å². The average molecular weight is 247 g/mol. The van der Waals surface area contributed by atoms with Crippen molar-refractivity contribution in [2.45, 2.75) is 51.7 Å². The van der Waals surface area contributed by atoms with E-state index in [1.54, 1.807) is 0 Å². The van der Waals surface area contributed by atoms with Gasteiger partial charge in [-0.3, -0.25) is 0 Å². The fourth-order valence-electron chi connectivity index (χ4n) is 3.04. The summed E-state index contributed by atoms with van der Waals surface area (Å²) in [5, 5.41) is 3.47. The van der Waals surface area contributed by atoms with Gasteiger partial charge in [-0.05, 0) is 58.2 Å². The third-order valence-corrected chi connectivity index (χ3v) is 4.14. The Morgan fingerprint density at radius 2 is 2.06 bits per heavy atom. The van der Waals surface area contributed by atoms with Crippen LogP contribution in [-0.4, -0.2) is 19.3 Å². The number of aryl methyl sites for hydroxylation is 2. The summed E-state index contributed by atoms with van der Waals surface area (Å²) >= 11 is 0. The lowest BCUT2D eigenvalue weighted by atomic mass is 9.82. The molecule has 1 saturated heterocycles. The van der Waals surface area contributed by atoms with Gasteiger partial charge in [0.2, 0.25) is 0 Å². The second-order valence-corrected chi connectivity index (χ2v) is 5.70. The second-order valence-electron chi connectivity index (χ2n) is 5.70. The van der Waals surface area contributed by atoms with Crippen molar-refractivity contribution >= 4 is 0 Å². The van der Waals surface area contributed by atoms with Gasteiger partial charge in [0.05, 0.1) is 11.6 Å². The van der Waals surface area contributed by atoms with E-state index >= 15 is 0 Å². The maximum Gasteiger partial charge on any atom is 0.0848 e. The van der Waals surface area contributed by atoms with Gasteiger partial charge in [-0.2, -0.15) is 0 Å². The molecule has 18 heavy (non-hydrogen) atoms. The summed E-state index contributed by atoms with van der Waals surface area (Å²) in [6.07, 6.45) is 3.59. The molecule has 1 fully saturated rings. The van der Waals surface area contributed by atoms with E-state index in [4.69, 9.17) is 4.74 Å². The molecule has 0 radical (unpaired) electrons. The number of ether oxygens (including phenoxy) is 1. The topological polar surface area (TPSA) is 21.3 Å². The minimum absolute atomic E-state index is 0.0778. The lowest BCUT2D eigenvalue weighted by Crippen LogP contribution is -2.45. The number of hydrogen-bond donors (Lipinski definition) is 1. The van der Waals surface area contributed by atoms with E-state index in [1.807, 2.05) is 7.05 Å². The van der Waals surface area contributed by atoms with Gasteiger partial charge in [0.1, 0.15) is 0 Å². The van der Waals surface area contributed by atoms with Crippen LogP contribution < -0.4 is 5.32 Å². The third kappa shape index (κ3) is 2.60. The van der Waals surface area contributed by atoms with Gasteiger partial charge < -0.3 is 10.1 Å². The molecule has 0 aromatic heterocycles. The molecule has 2 unspecified atom stereocenters. The maximum atomic E-state index is 6.11. The highest BCUT2D eigenvalue weighted by molar-refractivity contribution is 5.34. The SMILES string of the molecule is CNC(c1cc(C)ccc1C)C1(C)CCCCO1. The number of hydrogen-bond acceptors (Lipinski definition) is 2. The summed E-state index contributed by atoms with van der Waals surface area (Å²) in [5.41, 5.74) is 3.96.